The van der Waals surface area contributed by atoms with Crippen LogP contribution in [-0.4, -0.2) is 15.9 Å². The van der Waals surface area contributed by atoms with E-state index in [0.29, 0.717) is 16.3 Å². The van der Waals surface area contributed by atoms with Gasteiger partial charge in [0.15, 0.2) is 0 Å². The molecule has 0 bridgehead atoms. The fraction of sp³-hybridized carbons (Fsp3) is 0. The zero-order chi connectivity index (χ0) is 17.9. The van der Waals surface area contributed by atoms with Gasteiger partial charge in [0.2, 0.25) is 0 Å². The Kier molecular flexibility index (Phi) is 4.33. The molecule has 0 aliphatic heterocycles. The molecular formula is C21H14ClN3O. The first-order valence-corrected chi connectivity index (χ1v) is 8.46. The summed E-state index contributed by atoms with van der Waals surface area (Å²) in [7, 11) is 0. The number of amides is 1. The van der Waals surface area contributed by atoms with Gasteiger partial charge in [0, 0.05) is 21.8 Å². The molecule has 5 heteroatoms. The Balaban J connectivity index is 1.54. The summed E-state index contributed by atoms with van der Waals surface area (Å²) in [6.45, 7) is 0. The third-order valence-electron chi connectivity index (χ3n) is 3.99. The molecule has 1 amide bonds. The number of aromatic nitrogens is 2. The number of carbonyl (C=O) groups excluding carboxylic acids is 1. The van der Waals surface area contributed by atoms with Crippen LogP contribution in [0.1, 0.15) is 10.4 Å². The number of para-hydroxylation sites is 2. The average molecular weight is 360 g/mol. The first-order chi connectivity index (χ1) is 12.7. The predicted octanol–water partition coefficient (Wildman–Crippen LogP) is 5.20. The maximum absolute atomic E-state index is 12.3. The van der Waals surface area contributed by atoms with E-state index >= 15 is 0 Å². The van der Waals surface area contributed by atoms with E-state index in [-0.39, 0.29) is 5.91 Å². The zero-order valence-corrected chi connectivity index (χ0v) is 14.4. The summed E-state index contributed by atoms with van der Waals surface area (Å²) in [5.74, 6) is -0.181. The highest BCUT2D eigenvalue weighted by atomic mass is 35.5. The fourth-order valence-electron chi connectivity index (χ4n) is 2.63. The van der Waals surface area contributed by atoms with Crippen LogP contribution in [0.3, 0.4) is 0 Å². The summed E-state index contributed by atoms with van der Waals surface area (Å²) in [4.78, 5) is 21.3. The van der Waals surface area contributed by atoms with Crippen LogP contribution in [0.15, 0.2) is 79.0 Å². The van der Waals surface area contributed by atoms with E-state index in [1.807, 2.05) is 48.5 Å². The molecular weight excluding hydrogens is 346 g/mol. The number of nitrogens with zero attached hydrogens (tertiary/aromatic N) is 2. The van der Waals surface area contributed by atoms with Gasteiger partial charge in [0.1, 0.15) is 0 Å². The molecule has 126 valence electrons. The molecule has 0 fully saturated rings. The van der Waals surface area contributed by atoms with Gasteiger partial charge in [0.05, 0.1) is 22.9 Å². The Morgan fingerprint density at radius 3 is 2.27 bits per heavy atom. The van der Waals surface area contributed by atoms with Crippen LogP contribution in [0.5, 0.6) is 0 Å². The number of benzene rings is 3. The first kappa shape index (κ1) is 16.2. The van der Waals surface area contributed by atoms with Gasteiger partial charge in [-0.3, -0.25) is 9.78 Å². The summed E-state index contributed by atoms with van der Waals surface area (Å²) < 4.78 is 0. The maximum atomic E-state index is 12.3. The second-order valence-electron chi connectivity index (χ2n) is 5.78. The molecule has 0 atom stereocenters. The molecule has 0 unspecified atom stereocenters. The van der Waals surface area contributed by atoms with Crippen LogP contribution in [0, 0.1) is 0 Å². The molecule has 1 aromatic heterocycles. The van der Waals surface area contributed by atoms with Gasteiger partial charge in [-0.15, -0.1) is 0 Å². The molecule has 4 rings (SSSR count). The highest BCUT2D eigenvalue weighted by molar-refractivity contribution is 6.30. The van der Waals surface area contributed by atoms with Crippen LogP contribution in [0.4, 0.5) is 5.69 Å². The van der Waals surface area contributed by atoms with E-state index in [4.69, 9.17) is 11.6 Å². The number of nitrogens with one attached hydrogen (secondary N) is 1. The maximum Gasteiger partial charge on any atom is 0.255 e. The minimum absolute atomic E-state index is 0.181. The van der Waals surface area contributed by atoms with E-state index in [2.05, 4.69) is 15.3 Å². The van der Waals surface area contributed by atoms with Crippen molar-refractivity contribution in [2.45, 2.75) is 0 Å². The lowest BCUT2D eigenvalue weighted by Crippen LogP contribution is -2.11. The van der Waals surface area contributed by atoms with Crippen molar-refractivity contribution in [3.05, 3.63) is 89.6 Å². The zero-order valence-electron chi connectivity index (χ0n) is 13.7. The van der Waals surface area contributed by atoms with Crippen molar-refractivity contribution >= 4 is 34.2 Å². The number of hydrogen-bond donors (Lipinski definition) is 1. The first-order valence-electron chi connectivity index (χ1n) is 8.08. The monoisotopic (exact) mass is 359 g/mol. The summed E-state index contributed by atoms with van der Waals surface area (Å²) in [6, 6.07) is 22.0. The van der Waals surface area contributed by atoms with E-state index in [1.54, 1.807) is 30.5 Å². The fourth-order valence-corrected chi connectivity index (χ4v) is 2.75. The number of fused-ring (bicyclic) bond motifs is 1. The van der Waals surface area contributed by atoms with Gasteiger partial charge < -0.3 is 5.32 Å². The van der Waals surface area contributed by atoms with Gasteiger partial charge in [-0.2, -0.15) is 0 Å². The normalized spacial score (nSPS) is 10.7. The number of carbonyl (C=O) groups is 1. The van der Waals surface area contributed by atoms with Crippen LogP contribution in [0.25, 0.3) is 22.3 Å². The lowest BCUT2D eigenvalue weighted by atomic mass is 10.1. The third kappa shape index (κ3) is 3.41. The van der Waals surface area contributed by atoms with Crippen LogP contribution in [0.2, 0.25) is 5.02 Å². The molecule has 4 nitrogen and oxygen atoms in total. The van der Waals surface area contributed by atoms with E-state index in [9.17, 15) is 4.79 Å². The molecule has 0 aliphatic carbocycles. The molecule has 0 spiro atoms. The van der Waals surface area contributed by atoms with E-state index < -0.39 is 0 Å². The van der Waals surface area contributed by atoms with Crippen molar-refractivity contribution < 1.29 is 4.79 Å². The van der Waals surface area contributed by atoms with Crippen molar-refractivity contribution in [2.24, 2.45) is 0 Å². The highest BCUT2D eigenvalue weighted by Gasteiger charge is 2.07. The Labute approximate surface area is 155 Å². The second-order valence-corrected chi connectivity index (χ2v) is 6.22. The largest absolute Gasteiger partial charge is 0.322 e. The third-order valence-corrected chi connectivity index (χ3v) is 4.25. The van der Waals surface area contributed by atoms with Crippen LogP contribution < -0.4 is 5.32 Å². The summed E-state index contributed by atoms with van der Waals surface area (Å²) in [5, 5.41) is 3.47. The predicted molar refractivity (Wildman–Crippen MR) is 104 cm³/mol. The molecule has 4 aromatic rings. The highest BCUT2D eigenvalue weighted by Crippen LogP contribution is 2.21. The minimum atomic E-state index is -0.181. The molecule has 0 saturated carbocycles. The lowest BCUT2D eigenvalue weighted by molar-refractivity contribution is 0.102. The topological polar surface area (TPSA) is 54.9 Å². The van der Waals surface area contributed by atoms with Gasteiger partial charge in [-0.25, -0.2) is 4.98 Å². The Morgan fingerprint density at radius 1 is 0.846 bits per heavy atom. The van der Waals surface area contributed by atoms with Gasteiger partial charge in [-0.05, 0) is 48.5 Å². The van der Waals surface area contributed by atoms with Crippen molar-refractivity contribution in [2.75, 3.05) is 5.32 Å². The Bertz CT molecular complexity index is 1080. The Hall–Kier alpha value is -3.24. The SMILES string of the molecule is O=C(Nc1ccc(-c2cnc3ccccc3n2)cc1)c1ccc(Cl)cc1. The summed E-state index contributed by atoms with van der Waals surface area (Å²) in [6.07, 6.45) is 1.75. The van der Waals surface area contributed by atoms with Gasteiger partial charge in [-0.1, -0.05) is 35.9 Å². The second kappa shape index (κ2) is 6.94. The van der Waals surface area contributed by atoms with Crippen molar-refractivity contribution in [1.29, 1.82) is 0 Å². The molecule has 1 heterocycles. The average Bonchev–Trinajstić information content (AvgIpc) is 2.68. The van der Waals surface area contributed by atoms with Crippen LogP contribution in [-0.2, 0) is 0 Å². The van der Waals surface area contributed by atoms with Gasteiger partial charge >= 0.3 is 0 Å². The molecule has 0 aliphatic rings. The molecule has 3 aromatic carbocycles. The number of halogens is 1. The molecule has 1 N–H and O–H groups in total. The van der Waals surface area contributed by atoms with E-state index in [0.717, 1.165) is 22.3 Å². The summed E-state index contributed by atoms with van der Waals surface area (Å²) in [5.41, 5.74) is 4.71. The standard InChI is InChI=1S/C21H14ClN3O/c22-16-9-5-15(6-10-16)21(26)24-17-11-7-14(8-12-17)20-13-23-18-3-1-2-4-19(18)25-20/h1-13H,(H,24,26). The number of hydrogen-bond acceptors (Lipinski definition) is 3. The molecule has 26 heavy (non-hydrogen) atoms. The van der Waals surface area contributed by atoms with Crippen molar-refractivity contribution in [3.63, 3.8) is 0 Å². The quantitative estimate of drug-likeness (QED) is 0.546. The van der Waals surface area contributed by atoms with Gasteiger partial charge in [0.25, 0.3) is 5.91 Å². The smallest absolute Gasteiger partial charge is 0.255 e. The lowest BCUT2D eigenvalue weighted by Gasteiger charge is -2.07. The van der Waals surface area contributed by atoms with Crippen LogP contribution >= 0.6 is 11.6 Å². The molecule has 0 radical (unpaired) electrons. The van der Waals surface area contributed by atoms with Crippen molar-refractivity contribution in [1.82, 2.24) is 9.97 Å². The Morgan fingerprint density at radius 2 is 1.54 bits per heavy atom. The van der Waals surface area contributed by atoms with E-state index in [1.165, 1.54) is 0 Å². The number of anilines is 1. The summed E-state index contributed by atoms with van der Waals surface area (Å²) >= 11 is 5.85. The number of rotatable bonds is 3. The minimum Gasteiger partial charge on any atom is -0.322 e. The van der Waals surface area contributed by atoms with Crippen molar-refractivity contribution in [3.8, 4) is 11.3 Å². The molecule has 0 saturated heterocycles.